The normalized spacial score (nSPS) is 19.7. The van der Waals surface area contributed by atoms with Crippen LogP contribution in [-0.4, -0.2) is 12.6 Å². The molecule has 96 valence electrons. The number of benzene rings is 1. The van der Waals surface area contributed by atoms with Crippen molar-refractivity contribution in [2.24, 2.45) is 5.41 Å². The molecular weight excluding hydrogens is 228 g/mol. The SMILES string of the molecule is CC(C)(C)C(=O)C1(c2ccc3c(c2)OCO3)CC1. The second kappa shape index (κ2) is 3.50. The van der Waals surface area contributed by atoms with Crippen molar-refractivity contribution in [3.05, 3.63) is 23.8 Å². The molecule has 3 rings (SSSR count). The quantitative estimate of drug-likeness (QED) is 0.804. The number of ketones is 1. The second-order valence-electron chi connectivity index (χ2n) is 6.23. The zero-order valence-corrected chi connectivity index (χ0v) is 11.1. The van der Waals surface area contributed by atoms with E-state index in [9.17, 15) is 4.79 Å². The second-order valence-corrected chi connectivity index (χ2v) is 6.23. The van der Waals surface area contributed by atoms with E-state index in [0.29, 0.717) is 5.78 Å². The molecule has 1 saturated carbocycles. The summed E-state index contributed by atoms with van der Waals surface area (Å²) < 4.78 is 10.7. The number of ether oxygens (including phenoxy) is 2. The minimum absolute atomic E-state index is 0.277. The minimum atomic E-state index is -0.299. The van der Waals surface area contributed by atoms with Gasteiger partial charge in [-0.05, 0) is 30.5 Å². The Bertz CT molecular complexity index is 507. The summed E-state index contributed by atoms with van der Waals surface area (Å²) in [6.07, 6.45) is 1.89. The lowest BCUT2D eigenvalue weighted by atomic mass is 9.77. The number of carbonyl (C=O) groups excluding carboxylic acids is 1. The Balaban J connectivity index is 1.98. The fraction of sp³-hybridized carbons (Fsp3) is 0.533. The number of carbonyl (C=O) groups is 1. The molecule has 1 aliphatic carbocycles. The van der Waals surface area contributed by atoms with Crippen LogP contribution in [0.1, 0.15) is 39.2 Å². The molecule has 1 aromatic rings. The van der Waals surface area contributed by atoms with Gasteiger partial charge in [0.1, 0.15) is 5.78 Å². The fourth-order valence-electron chi connectivity index (χ4n) is 2.68. The maximum absolute atomic E-state index is 12.6. The highest BCUT2D eigenvalue weighted by atomic mass is 16.7. The highest BCUT2D eigenvalue weighted by Gasteiger charge is 2.54. The maximum Gasteiger partial charge on any atom is 0.231 e. The zero-order chi connectivity index (χ0) is 13.0. The molecule has 1 heterocycles. The van der Waals surface area contributed by atoms with Gasteiger partial charge in [0.25, 0.3) is 0 Å². The first-order valence-electron chi connectivity index (χ1n) is 6.38. The van der Waals surface area contributed by atoms with Gasteiger partial charge >= 0.3 is 0 Å². The lowest BCUT2D eigenvalue weighted by Gasteiger charge is -2.24. The number of hydrogen-bond donors (Lipinski definition) is 0. The molecule has 1 aromatic carbocycles. The van der Waals surface area contributed by atoms with E-state index in [1.54, 1.807) is 0 Å². The van der Waals surface area contributed by atoms with Gasteiger partial charge in [-0.25, -0.2) is 0 Å². The Kier molecular flexibility index (Phi) is 2.25. The number of Topliss-reactive ketones (excluding diaryl/α,β-unsaturated/α-hetero) is 1. The summed E-state index contributed by atoms with van der Waals surface area (Å²) >= 11 is 0. The average Bonchev–Trinajstić information content (AvgIpc) is 2.98. The van der Waals surface area contributed by atoms with Gasteiger partial charge in [-0.2, -0.15) is 0 Å². The molecule has 0 amide bonds. The maximum atomic E-state index is 12.6. The summed E-state index contributed by atoms with van der Waals surface area (Å²) in [4.78, 5) is 12.6. The van der Waals surface area contributed by atoms with Crippen molar-refractivity contribution in [3.8, 4) is 11.5 Å². The van der Waals surface area contributed by atoms with Crippen molar-refractivity contribution < 1.29 is 14.3 Å². The summed E-state index contributed by atoms with van der Waals surface area (Å²) in [5.74, 6) is 1.87. The zero-order valence-electron chi connectivity index (χ0n) is 11.1. The number of rotatable bonds is 2. The van der Waals surface area contributed by atoms with Gasteiger partial charge in [0.2, 0.25) is 6.79 Å². The van der Waals surface area contributed by atoms with Crippen molar-refractivity contribution in [3.63, 3.8) is 0 Å². The van der Waals surface area contributed by atoms with E-state index in [4.69, 9.17) is 9.47 Å². The summed E-state index contributed by atoms with van der Waals surface area (Å²) in [5, 5.41) is 0. The summed E-state index contributed by atoms with van der Waals surface area (Å²) in [6.45, 7) is 6.24. The van der Waals surface area contributed by atoms with Crippen LogP contribution >= 0.6 is 0 Å². The summed E-state index contributed by atoms with van der Waals surface area (Å²) in [5.41, 5.74) is 0.498. The van der Waals surface area contributed by atoms with Gasteiger partial charge in [-0.15, -0.1) is 0 Å². The molecule has 0 bridgehead atoms. The summed E-state index contributed by atoms with van der Waals surface area (Å²) in [6, 6.07) is 5.89. The van der Waals surface area contributed by atoms with Crippen LogP contribution in [0.15, 0.2) is 18.2 Å². The van der Waals surface area contributed by atoms with Crippen molar-refractivity contribution in [1.82, 2.24) is 0 Å². The van der Waals surface area contributed by atoms with Crippen molar-refractivity contribution >= 4 is 5.78 Å². The van der Waals surface area contributed by atoms with Gasteiger partial charge in [-0.1, -0.05) is 26.8 Å². The molecule has 0 atom stereocenters. The van der Waals surface area contributed by atoms with Gasteiger partial charge in [0, 0.05) is 5.41 Å². The lowest BCUT2D eigenvalue weighted by Crippen LogP contribution is -2.32. The first kappa shape index (κ1) is 11.6. The number of fused-ring (bicyclic) bond motifs is 1. The van der Waals surface area contributed by atoms with Crippen LogP contribution in [0.5, 0.6) is 11.5 Å². The summed E-state index contributed by atoms with van der Waals surface area (Å²) in [7, 11) is 0. The van der Waals surface area contributed by atoms with Crippen LogP contribution in [-0.2, 0) is 10.2 Å². The first-order chi connectivity index (χ1) is 8.43. The van der Waals surface area contributed by atoms with E-state index in [2.05, 4.69) is 0 Å². The van der Waals surface area contributed by atoms with E-state index >= 15 is 0 Å². The molecule has 1 aliphatic heterocycles. The molecule has 18 heavy (non-hydrogen) atoms. The Morgan fingerprint density at radius 2 is 1.83 bits per heavy atom. The molecular formula is C15H18O3. The van der Waals surface area contributed by atoms with E-state index in [0.717, 1.165) is 29.9 Å². The Labute approximate surface area is 107 Å². The van der Waals surface area contributed by atoms with Crippen LogP contribution in [0, 0.1) is 5.41 Å². The average molecular weight is 246 g/mol. The number of hydrogen-bond acceptors (Lipinski definition) is 3. The van der Waals surface area contributed by atoms with E-state index in [-0.39, 0.29) is 17.6 Å². The van der Waals surface area contributed by atoms with Gasteiger partial charge < -0.3 is 9.47 Å². The van der Waals surface area contributed by atoms with Gasteiger partial charge in [-0.3, -0.25) is 4.79 Å². The Morgan fingerprint density at radius 1 is 1.17 bits per heavy atom. The van der Waals surface area contributed by atoms with Gasteiger partial charge in [0.15, 0.2) is 11.5 Å². The fourth-order valence-corrected chi connectivity index (χ4v) is 2.68. The van der Waals surface area contributed by atoms with Crippen LogP contribution < -0.4 is 9.47 Å². The lowest BCUT2D eigenvalue weighted by molar-refractivity contribution is -0.128. The molecule has 0 radical (unpaired) electrons. The third kappa shape index (κ3) is 1.61. The molecule has 1 fully saturated rings. The molecule has 0 aromatic heterocycles. The highest BCUT2D eigenvalue weighted by molar-refractivity contribution is 5.96. The predicted octanol–water partition coefficient (Wildman–Crippen LogP) is 3.06. The largest absolute Gasteiger partial charge is 0.454 e. The third-order valence-electron chi connectivity index (χ3n) is 3.79. The third-order valence-corrected chi connectivity index (χ3v) is 3.79. The molecule has 2 aliphatic rings. The van der Waals surface area contributed by atoms with Crippen LogP contribution in [0.4, 0.5) is 0 Å². The van der Waals surface area contributed by atoms with Crippen molar-refractivity contribution in [2.75, 3.05) is 6.79 Å². The van der Waals surface area contributed by atoms with Crippen molar-refractivity contribution in [1.29, 1.82) is 0 Å². The first-order valence-corrected chi connectivity index (χ1v) is 6.38. The van der Waals surface area contributed by atoms with E-state index in [1.165, 1.54) is 0 Å². The van der Waals surface area contributed by atoms with Crippen molar-refractivity contribution in [2.45, 2.75) is 39.0 Å². The standard InChI is InChI=1S/C15H18O3/c1-14(2,3)13(16)15(6-7-15)10-4-5-11-12(8-10)18-9-17-11/h4-5,8H,6-7,9H2,1-3H3. The molecule has 0 spiro atoms. The minimum Gasteiger partial charge on any atom is -0.454 e. The Hall–Kier alpha value is -1.51. The predicted molar refractivity (Wildman–Crippen MR) is 67.9 cm³/mol. The molecule has 0 saturated heterocycles. The van der Waals surface area contributed by atoms with Crippen LogP contribution in [0.25, 0.3) is 0 Å². The van der Waals surface area contributed by atoms with Gasteiger partial charge in [0.05, 0.1) is 5.41 Å². The van der Waals surface area contributed by atoms with E-state index in [1.807, 2.05) is 39.0 Å². The molecule has 0 N–H and O–H groups in total. The topological polar surface area (TPSA) is 35.5 Å². The molecule has 3 nitrogen and oxygen atoms in total. The van der Waals surface area contributed by atoms with Crippen LogP contribution in [0.3, 0.4) is 0 Å². The monoisotopic (exact) mass is 246 g/mol. The van der Waals surface area contributed by atoms with Crippen LogP contribution in [0.2, 0.25) is 0 Å². The molecule has 3 heteroatoms. The Morgan fingerprint density at radius 3 is 2.44 bits per heavy atom. The highest BCUT2D eigenvalue weighted by Crippen LogP contribution is 2.53. The van der Waals surface area contributed by atoms with E-state index < -0.39 is 0 Å². The smallest absolute Gasteiger partial charge is 0.231 e. The molecule has 0 unspecified atom stereocenters.